The Morgan fingerprint density at radius 1 is 1.00 bits per heavy atom. The molecule has 31 heavy (non-hydrogen) atoms. The first kappa shape index (κ1) is 19.5. The van der Waals surface area contributed by atoms with E-state index in [1.54, 1.807) is 0 Å². The molecule has 0 aromatic heterocycles. The van der Waals surface area contributed by atoms with Crippen LogP contribution in [0.2, 0.25) is 0 Å². The molecule has 2 saturated carbocycles. The van der Waals surface area contributed by atoms with Crippen molar-refractivity contribution >= 4 is 5.97 Å². The summed E-state index contributed by atoms with van der Waals surface area (Å²) in [6.07, 6.45) is 17.0. The Labute approximate surface area is 184 Å². The van der Waals surface area contributed by atoms with Crippen LogP contribution in [0.15, 0.2) is 42.5 Å². The lowest BCUT2D eigenvalue weighted by atomic mass is 9.50. The summed E-state index contributed by atoms with van der Waals surface area (Å²) in [5, 5.41) is 0. The molecule has 1 aromatic rings. The molecule has 5 aliphatic rings. The first-order chi connectivity index (χ1) is 15.2. The topological polar surface area (TPSA) is 44.8 Å². The zero-order valence-corrected chi connectivity index (χ0v) is 18.2. The van der Waals surface area contributed by atoms with Gasteiger partial charge in [0.05, 0.1) is 13.0 Å². The predicted octanol–water partition coefficient (Wildman–Crippen LogP) is 5.18. The van der Waals surface area contributed by atoms with E-state index < -0.39 is 0 Å². The molecule has 6 rings (SSSR count). The van der Waals surface area contributed by atoms with Crippen LogP contribution in [0.1, 0.15) is 37.7 Å². The average molecular weight is 421 g/mol. The van der Waals surface area contributed by atoms with Crippen molar-refractivity contribution in [3.63, 3.8) is 0 Å². The van der Waals surface area contributed by atoms with Crippen molar-refractivity contribution in [1.29, 1.82) is 0 Å². The number of unbranched alkanes of at least 4 members (excludes halogenated alkanes) is 2. The Bertz CT molecular complexity index is 918. The van der Waals surface area contributed by atoms with Crippen molar-refractivity contribution in [1.82, 2.24) is 0 Å². The van der Waals surface area contributed by atoms with Crippen LogP contribution in [0.3, 0.4) is 0 Å². The smallest absolute Gasteiger partial charge is 0.313 e. The molecule has 0 spiro atoms. The van der Waals surface area contributed by atoms with Gasteiger partial charge in [-0.15, -0.1) is 0 Å². The summed E-state index contributed by atoms with van der Waals surface area (Å²) in [5.74, 6) is 6.58. The molecule has 0 saturated heterocycles. The number of methoxy groups -OCH3 is 1. The minimum absolute atomic E-state index is 0.0652. The van der Waals surface area contributed by atoms with Crippen LogP contribution in [-0.4, -0.2) is 19.9 Å². The summed E-state index contributed by atoms with van der Waals surface area (Å²) in [6.45, 7) is 0.347. The van der Waals surface area contributed by atoms with Gasteiger partial charge in [0.2, 0.25) is 6.79 Å². The molecule has 4 nitrogen and oxygen atoms in total. The van der Waals surface area contributed by atoms with Gasteiger partial charge in [0.15, 0.2) is 11.5 Å². The standard InChI is InChI=1S/C27H32O4/c1-29-27(28)21-9-8-17-14-22-18(19-10-11-20(21)25(17)26(19)22)6-4-2-3-5-16-7-12-23-24(13-16)31-15-30-23/h7-13,17-22,25-26H,2-6,14-15H2,1H3/t17-,18+,19-,20+,21-,22+,25-,26-/m1/s1. The maximum Gasteiger partial charge on any atom is 0.313 e. The number of rotatable bonds is 7. The fourth-order valence-electron chi connectivity index (χ4n) is 7.54. The SMILES string of the molecule is COC(=O)[C@@H]1C=C[C@@H]2C[C@H]3[C@@H](CCCCCc4ccc5c(c4)OCO5)[C@H]4C=C[C@@H]1[C@@H]2[C@H]43. The number of hydrogen-bond acceptors (Lipinski definition) is 4. The number of aryl methyl sites for hydroxylation is 1. The van der Waals surface area contributed by atoms with Crippen molar-refractivity contribution in [2.75, 3.05) is 13.9 Å². The van der Waals surface area contributed by atoms with Gasteiger partial charge in [0, 0.05) is 0 Å². The molecule has 8 atom stereocenters. The van der Waals surface area contributed by atoms with E-state index in [4.69, 9.17) is 14.2 Å². The molecule has 0 amide bonds. The number of fused-ring (bicyclic) bond motifs is 1. The number of esters is 1. The molecule has 4 heteroatoms. The highest BCUT2D eigenvalue weighted by molar-refractivity contribution is 5.75. The van der Waals surface area contributed by atoms with Crippen LogP contribution in [0.5, 0.6) is 11.5 Å². The van der Waals surface area contributed by atoms with Gasteiger partial charge in [-0.3, -0.25) is 4.79 Å². The molecule has 0 radical (unpaired) electrons. The van der Waals surface area contributed by atoms with E-state index in [1.165, 1.54) is 44.8 Å². The molecule has 1 aromatic carbocycles. The minimum atomic E-state index is -0.0718. The lowest BCUT2D eigenvalue weighted by molar-refractivity contribution is -0.146. The number of allylic oxidation sites excluding steroid dienone is 3. The van der Waals surface area contributed by atoms with Crippen molar-refractivity contribution < 1.29 is 19.0 Å². The number of ether oxygens (including phenoxy) is 3. The van der Waals surface area contributed by atoms with Crippen LogP contribution >= 0.6 is 0 Å². The van der Waals surface area contributed by atoms with Crippen molar-refractivity contribution in [2.45, 2.75) is 38.5 Å². The second-order valence-corrected chi connectivity index (χ2v) is 10.1. The van der Waals surface area contributed by atoms with E-state index in [0.717, 1.165) is 41.6 Å². The highest BCUT2D eigenvalue weighted by atomic mass is 16.7. The van der Waals surface area contributed by atoms with E-state index >= 15 is 0 Å². The first-order valence-corrected chi connectivity index (χ1v) is 12.1. The van der Waals surface area contributed by atoms with Gasteiger partial charge in [0.25, 0.3) is 0 Å². The molecule has 1 aliphatic heterocycles. The fourth-order valence-corrected chi connectivity index (χ4v) is 7.54. The van der Waals surface area contributed by atoms with Gasteiger partial charge in [-0.25, -0.2) is 0 Å². The Kier molecular flexibility index (Phi) is 4.85. The van der Waals surface area contributed by atoms with Crippen LogP contribution in [-0.2, 0) is 16.0 Å². The molecule has 4 aliphatic carbocycles. The Morgan fingerprint density at radius 2 is 1.87 bits per heavy atom. The summed E-state index contributed by atoms with van der Waals surface area (Å²) in [4.78, 5) is 12.3. The summed E-state index contributed by atoms with van der Waals surface area (Å²) >= 11 is 0. The molecular weight excluding hydrogens is 388 g/mol. The Hall–Kier alpha value is -2.23. The second-order valence-electron chi connectivity index (χ2n) is 10.1. The van der Waals surface area contributed by atoms with Crippen molar-refractivity contribution in [2.24, 2.45) is 47.3 Å². The molecule has 0 unspecified atom stereocenters. The van der Waals surface area contributed by atoms with E-state index in [-0.39, 0.29) is 11.9 Å². The third-order valence-corrected chi connectivity index (χ3v) is 8.86. The van der Waals surface area contributed by atoms with Gasteiger partial charge in [-0.05, 0) is 84.8 Å². The van der Waals surface area contributed by atoms with Gasteiger partial charge in [-0.2, -0.15) is 0 Å². The monoisotopic (exact) mass is 420 g/mol. The summed E-state index contributed by atoms with van der Waals surface area (Å²) in [7, 11) is 1.51. The molecule has 0 bridgehead atoms. The maximum atomic E-state index is 12.3. The maximum absolute atomic E-state index is 12.3. The lowest BCUT2D eigenvalue weighted by Crippen LogP contribution is -2.50. The summed E-state index contributed by atoms with van der Waals surface area (Å²) < 4.78 is 16.0. The van der Waals surface area contributed by atoms with Crippen LogP contribution in [0.4, 0.5) is 0 Å². The summed E-state index contributed by atoms with van der Waals surface area (Å²) in [6, 6.07) is 6.34. The largest absolute Gasteiger partial charge is 0.469 e. The quantitative estimate of drug-likeness (QED) is 0.346. The van der Waals surface area contributed by atoms with Gasteiger partial charge in [0.1, 0.15) is 0 Å². The molecule has 1 heterocycles. The predicted molar refractivity (Wildman–Crippen MR) is 118 cm³/mol. The fraction of sp³-hybridized carbons (Fsp3) is 0.593. The van der Waals surface area contributed by atoms with Gasteiger partial charge in [-0.1, -0.05) is 43.2 Å². The van der Waals surface area contributed by atoms with E-state index in [9.17, 15) is 4.79 Å². The lowest BCUT2D eigenvalue weighted by Gasteiger charge is -2.54. The van der Waals surface area contributed by atoms with Gasteiger partial charge < -0.3 is 14.2 Å². The minimum Gasteiger partial charge on any atom is -0.469 e. The molecule has 2 fully saturated rings. The van der Waals surface area contributed by atoms with Crippen LogP contribution in [0, 0.1) is 47.3 Å². The van der Waals surface area contributed by atoms with Crippen molar-refractivity contribution in [3.05, 3.63) is 48.1 Å². The second kappa shape index (κ2) is 7.72. The highest BCUT2D eigenvalue weighted by Crippen LogP contribution is 2.67. The number of benzene rings is 1. The number of carbonyl (C=O) groups is 1. The Morgan fingerprint density at radius 3 is 2.77 bits per heavy atom. The van der Waals surface area contributed by atoms with E-state index in [0.29, 0.717) is 24.5 Å². The third kappa shape index (κ3) is 3.13. The van der Waals surface area contributed by atoms with Gasteiger partial charge >= 0.3 is 5.97 Å². The van der Waals surface area contributed by atoms with Crippen LogP contribution in [0.25, 0.3) is 0 Å². The molecule has 0 N–H and O–H groups in total. The summed E-state index contributed by atoms with van der Waals surface area (Å²) in [5.41, 5.74) is 1.35. The third-order valence-electron chi connectivity index (χ3n) is 8.86. The zero-order valence-electron chi connectivity index (χ0n) is 18.2. The average Bonchev–Trinajstić information content (AvgIpc) is 3.39. The number of carbonyl (C=O) groups excluding carboxylic acids is 1. The Balaban J connectivity index is 1.02. The molecular formula is C27H32O4. The van der Waals surface area contributed by atoms with E-state index in [2.05, 4.69) is 36.4 Å². The number of hydrogen-bond donors (Lipinski definition) is 0. The van der Waals surface area contributed by atoms with Crippen LogP contribution < -0.4 is 9.47 Å². The highest BCUT2D eigenvalue weighted by Gasteiger charge is 2.62. The first-order valence-electron chi connectivity index (χ1n) is 12.1. The molecule has 164 valence electrons. The van der Waals surface area contributed by atoms with E-state index in [1.807, 2.05) is 6.07 Å². The van der Waals surface area contributed by atoms with Crippen molar-refractivity contribution in [3.8, 4) is 11.5 Å². The zero-order chi connectivity index (χ0) is 20.9. The normalized spacial score (nSPS) is 38.0.